The minimum Gasteiger partial charge on any atom is -0.546 e. The molecular weight excluding hydrogens is 287 g/mol. The summed E-state index contributed by atoms with van der Waals surface area (Å²) >= 11 is 16.9. The van der Waals surface area contributed by atoms with Crippen LogP contribution in [0.2, 0.25) is 15.2 Å². The van der Waals surface area contributed by atoms with E-state index < -0.39 is 12.1 Å². The van der Waals surface area contributed by atoms with Gasteiger partial charge in [-0.1, -0.05) is 34.8 Å². The predicted octanol–water partition coefficient (Wildman–Crippen LogP) is -1.44. The van der Waals surface area contributed by atoms with Crippen molar-refractivity contribution in [2.75, 3.05) is 0 Å². The van der Waals surface area contributed by atoms with Gasteiger partial charge in [-0.3, -0.25) is 0 Å². The third kappa shape index (κ3) is 4.28. The second-order valence-electron chi connectivity index (χ2n) is 2.63. The Labute approximate surface area is 129 Å². The van der Waals surface area contributed by atoms with Gasteiger partial charge in [0.1, 0.15) is 11.1 Å². The van der Waals surface area contributed by atoms with E-state index in [2.05, 4.69) is 4.98 Å². The second-order valence-corrected chi connectivity index (χ2v) is 3.80. The molecule has 0 aliphatic carbocycles. The number of aliphatic carboxylic acids is 1. The maximum absolute atomic E-state index is 10.4. The van der Waals surface area contributed by atoms with E-state index in [1.807, 2.05) is 0 Å². The van der Waals surface area contributed by atoms with Gasteiger partial charge in [0.25, 0.3) is 0 Å². The molecule has 0 spiro atoms. The van der Waals surface area contributed by atoms with Crippen molar-refractivity contribution in [3.63, 3.8) is 0 Å². The van der Waals surface area contributed by atoms with Crippen LogP contribution in [0, 0.1) is 0 Å². The van der Waals surface area contributed by atoms with Crippen molar-refractivity contribution in [2.24, 2.45) is 0 Å². The van der Waals surface area contributed by atoms with E-state index in [-0.39, 0.29) is 50.6 Å². The molecule has 1 aromatic rings. The molecule has 0 aliphatic heterocycles. The Hall–Kier alpha value is 0.290. The van der Waals surface area contributed by atoms with Crippen LogP contribution in [0.15, 0.2) is 6.07 Å². The van der Waals surface area contributed by atoms with E-state index in [4.69, 9.17) is 39.5 Å². The summed E-state index contributed by atoms with van der Waals surface area (Å²) in [5.41, 5.74) is 0. The molecule has 0 N–H and O–H groups in total. The number of carbonyl (C=O) groups excluding carboxylic acids is 1. The maximum atomic E-state index is 10.4. The number of carboxylic acids is 1. The number of nitrogens with zero attached hydrogens (tertiary/aromatic N) is 1. The molecule has 1 aromatic heterocycles. The van der Waals surface area contributed by atoms with Crippen LogP contribution in [0.3, 0.4) is 0 Å². The maximum Gasteiger partial charge on any atom is 1.00 e. The average molecular weight is 292 g/mol. The van der Waals surface area contributed by atoms with E-state index in [1.54, 1.807) is 0 Å². The molecule has 16 heavy (non-hydrogen) atoms. The zero-order chi connectivity index (χ0) is 11.6. The zero-order valence-corrected chi connectivity index (χ0v) is 12.7. The molecule has 82 valence electrons. The number of halogens is 3. The summed E-state index contributed by atoms with van der Waals surface area (Å²) in [6.45, 7) is 1.29. The van der Waals surface area contributed by atoms with Crippen molar-refractivity contribution in [2.45, 2.75) is 13.0 Å². The molecule has 1 atom stereocenters. The number of ether oxygens (including phenoxy) is 1. The van der Waals surface area contributed by atoms with Crippen LogP contribution in [0.1, 0.15) is 6.92 Å². The van der Waals surface area contributed by atoms with Crippen molar-refractivity contribution in [1.29, 1.82) is 0 Å². The summed E-state index contributed by atoms with van der Waals surface area (Å²) < 4.78 is 4.89. The Kier molecular flexibility index (Phi) is 7.01. The Morgan fingerprint density at radius 1 is 1.44 bits per heavy atom. The molecule has 0 aliphatic rings. The van der Waals surface area contributed by atoms with Crippen LogP contribution in [0.5, 0.6) is 5.88 Å². The minimum atomic E-state index is -1.38. The fraction of sp³-hybridized carbons (Fsp3) is 0.250. The standard InChI is InChI=1S/C8H6Cl3NO3.Na/c1-3(8(13)14)15-7-5(10)2-4(9)6(11)12-7;/h2-3H,1H3,(H,13,14);/q;+1/p-1. The Balaban J connectivity index is 0.00000225. The quantitative estimate of drug-likeness (QED) is 0.506. The zero-order valence-electron chi connectivity index (χ0n) is 8.46. The minimum absolute atomic E-state index is 0. The summed E-state index contributed by atoms with van der Waals surface area (Å²) in [4.78, 5) is 14.1. The van der Waals surface area contributed by atoms with Gasteiger partial charge in [-0.05, 0) is 13.0 Å². The summed E-state index contributed by atoms with van der Waals surface area (Å²) in [6, 6.07) is 1.32. The number of hydrogen-bond donors (Lipinski definition) is 0. The Morgan fingerprint density at radius 2 is 2.00 bits per heavy atom. The van der Waals surface area contributed by atoms with Crippen LogP contribution in [0.4, 0.5) is 0 Å². The number of carboxylic acid groups (broad SMARTS) is 1. The summed E-state index contributed by atoms with van der Waals surface area (Å²) in [7, 11) is 0. The number of pyridine rings is 1. The van der Waals surface area contributed by atoms with Crippen LogP contribution < -0.4 is 39.4 Å². The van der Waals surface area contributed by atoms with Gasteiger partial charge in [-0.25, -0.2) is 0 Å². The first-order valence-electron chi connectivity index (χ1n) is 3.81. The van der Waals surface area contributed by atoms with Crippen LogP contribution in [0.25, 0.3) is 0 Å². The fourth-order valence-electron chi connectivity index (χ4n) is 0.727. The van der Waals surface area contributed by atoms with E-state index >= 15 is 0 Å². The average Bonchev–Trinajstić information content (AvgIpc) is 2.13. The smallest absolute Gasteiger partial charge is 0.546 e. The van der Waals surface area contributed by atoms with Crippen molar-refractivity contribution in [3.05, 3.63) is 21.3 Å². The van der Waals surface area contributed by atoms with Crippen molar-refractivity contribution >= 4 is 40.8 Å². The molecular formula is C8H5Cl3NNaO3. The predicted molar refractivity (Wildman–Crippen MR) is 54.4 cm³/mol. The second kappa shape index (κ2) is 6.89. The summed E-state index contributed by atoms with van der Waals surface area (Å²) in [6.07, 6.45) is -1.17. The third-order valence-corrected chi connectivity index (χ3v) is 2.42. The Morgan fingerprint density at radius 3 is 2.50 bits per heavy atom. The summed E-state index contributed by atoms with van der Waals surface area (Å²) in [5.74, 6) is -1.47. The first-order valence-corrected chi connectivity index (χ1v) is 4.94. The topological polar surface area (TPSA) is 62.2 Å². The molecule has 1 heterocycles. The number of carbonyl (C=O) groups is 1. The molecule has 0 aromatic carbocycles. The van der Waals surface area contributed by atoms with Crippen LogP contribution in [-0.4, -0.2) is 17.1 Å². The molecule has 1 unspecified atom stereocenters. The van der Waals surface area contributed by atoms with Gasteiger partial charge in [0, 0.05) is 0 Å². The fourth-order valence-corrected chi connectivity index (χ4v) is 1.26. The van der Waals surface area contributed by atoms with E-state index in [0.717, 1.165) is 0 Å². The summed E-state index contributed by atoms with van der Waals surface area (Å²) in [5, 5.41) is 10.6. The van der Waals surface area contributed by atoms with Crippen LogP contribution in [-0.2, 0) is 4.79 Å². The van der Waals surface area contributed by atoms with E-state index in [0.29, 0.717) is 0 Å². The molecule has 0 saturated carbocycles. The largest absolute Gasteiger partial charge is 1.00 e. The number of rotatable bonds is 3. The van der Waals surface area contributed by atoms with Gasteiger partial charge >= 0.3 is 29.6 Å². The van der Waals surface area contributed by atoms with Gasteiger partial charge in [-0.2, -0.15) is 4.98 Å². The number of aromatic nitrogens is 1. The van der Waals surface area contributed by atoms with Gasteiger partial charge < -0.3 is 14.6 Å². The number of hydrogen-bond acceptors (Lipinski definition) is 4. The molecule has 4 nitrogen and oxygen atoms in total. The Bertz CT molecular complexity index is 402. The molecule has 0 bridgehead atoms. The molecule has 0 fully saturated rings. The molecule has 8 heteroatoms. The molecule has 1 rings (SSSR count). The molecule has 0 radical (unpaired) electrons. The molecule has 0 amide bonds. The van der Waals surface area contributed by atoms with Gasteiger partial charge in [0.05, 0.1) is 11.0 Å². The van der Waals surface area contributed by atoms with E-state index in [1.165, 1.54) is 13.0 Å². The first-order chi connectivity index (χ1) is 6.91. The van der Waals surface area contributed by atoms with Gasteiger partial charge in [-0.15, -0.1) is 0 Å². The van der Waals surface area contributed by atoms with E-state index in [9.17, 15) is 9.90 Å². The van der Waals surface area contributed by atoms with Crippen molar-refractivity contribution in [1.82, 2.24) is 4.98 Å². The monoisotopic (exact) mass is 291 g/mol. The van der Waals surface area contributed by atoms with Crippen molar-refractivity contribution in [3.8, 4) is 5.88 Å². The third-order valence-electron chi connectivity index (χ3n) is 1.47. The first kappa shape index (κ1) is 16.3. The van der Waals surface area contributed by atoms with Gasteiger partial charge in [0.15, 0.2) is 5.15 Å². The SMILES string of the molecule is CC(Oc1nc(Cl)c(Cl)cc1Cl)C(=O)[O-].[Na+]. The van der Waals surface area contributed by atoms with Gasteiger partial charge in [0.2, 0.25) is 5.88 Å². The van der Waals surface area contributed by atoms with Crippen LogP contribution >= 0.6 is 34.8 Å². The van der Waals surface area contributed by atoms with Crippen molar-refractivity contribution < 1.29 is 44.2 Å². The normalized spacial score (nSPS) is 11.5. The molecule has 0 saturated heterocycles.